The van der Waals surface area contributed by atoms with Crippen LogP contribution in [0.1, 0.15) is 34.0 Å². The fourth-order valence-corrected chi connectivity index (χ4v) is 5.63. The van der Waals surface area contributed by atoms with Crippen molar-refractivity contribution in [1.82, 2.24) is 15.5 Å². The Morgan fingerprint density at radius 1 is 0.943 bits per heavy atom. The number of carboxylic acid groups (broad SMARTS) is 2. The minimum absolute atomic E-state index is 0.125. The maximum absolute atomic E-state index is 14.9. The number of benzene rings is 3. The van der Waals surface area contributed by atoms with Crippen LogP contribution in [0.15, 0.2) is 66.7 Å². The van der Waals surface area contributed by atoms with Gasteiger partial charge in [-0.15, -0.1) is 0 Å². The summed E-state index contributed by atoms with van der Waals surface area (Å²) in [5.41, 5.74) is 5.24. The molecule has 1 atom stereocenters. The molecule has 3 N–H and O–H groups in total. The lowest BCUT2D eigenvalue weighted by Gasteiger charge is -2.37. The molecule has 2 aliphatic heterocycles. The number of hydrogen-bond donors (Lipinski definition) is 3. The average molecular weight is 759 g/mol. The predicted octanol–water partition coefficient (Wildman–Crippen LogP) is 4.13. The molecule has 3 aromatic rings. The Bertz CT molecular complexity index is 1670. The van der Waals surface area contributed by atoms with E-state index < -0.39 is 24.3 Å². The van der Waals surface area contributed by atoms with E-state index in [-0.39, 0.29) is 11.7 Å². The molecule has 0 aliphatic carbocycles. The van der Waals surface area contributed by atoms with Crippen LogP contribution in [0.4, 0.5) is 30.7 Å². The number of hydrogen-bond acceptors (Lipinski definition) is 7. The van der Waals surface area contributed by atoms with Gasteiger partial charge >= 0.3 is 18.3 Å². The van der Waals surface area contributed by atoms with Gasteiger partial charge in [-0.2, -0.15) is 26.3 Å². The van der Waals surface area contributed by atoms with E-state index in [1.807, 2.05) is 36.4 Å². The average Bonchev–Trinajstić information content (AvgIpc) is 3.08. The number of alkyl halides is 6. The molecule has 2 saturated heterocycles. The standard InChI is InChI=1S/C32H39FN4O2.2C2HF3O2/c1-24-21-36(12-11-34-24)22-26-5-3-7-28(17-26)30-19-25(9-10-31(30)33)20-35-32(38)29-8-4-6-27(18-29)23-37(2)13-15-39-16-14-37;2*3-2(4,5)1(6)7/h3-10,17-19,24,34H,11-16,20-23H2,1-2H3;2*(H,6,7)/t24-;;/m0../s1. The first-order chi connectivity index (χ1) is 24.8. The van der Waals surface area contributed by atoms with Gasteiger partial charge in [-0.25, -0.2) is 9.18 Å². The van der Waals surface area contributed by atoms with Gasteiger partial charge in [0.1, 0.15) is 31.4 Å². The summed E-state index contributed by atoms with van der Waals surface area (Å²) in [6.07, 6.45) is -10.3. The van der Waals surface area contributed by atoms with E-state index in [1.54, 1.807) is 6.07 Å². The number of aliphatic carboxylic acids is 2. The van der Waals surface area contributed by atoms with Crippen LogP contribution < -0.4 is 15.7 Å². The Hall–Kier alpha value is -4.58. The van der Waals surface area contributed by atoms with Gasteiger partial charge in [0.25, 0.3) is 5.91 Å². The van der Waals surface area contributed by atoms with Gasteiger partial charge in [-0.05, 0) is 53.9 Å². The molecule has 53 heavy (non-hydrogen) atoms. The molecule has 290 valence electrons. The van der Waals surface area contributed by atoms with Gasteiger partial charge in [-0.3, -0.25) is 9.69 Å². The molecule has 2 aliphatic rings. The summed E-state index contributed by atoms with van der Waals surface area (Å²) in [7, 11) is 2.24. The number of nitrogens with one attached hydrogen (secondary N) is 2. The van der Waals surface area contributed by atoms with Crippen molar-refractivity contribution in [2.45, 2.75) is 45.0 Å². The van der Waals surface area contributed by atoms with Crippen LogP contribution in [0, 0.1) is 5.82 Å². The summed E-state index contributed by atoms with van der Waals surface area (Å²) in [4.78, 5) is 33.1. The number of morpholine rings is 1. The minimum Gasteiger partial charge on any atom is -0.542 e. The van der Waals surface area contributed by atoms with Crippen LogP contribution in [0.5, 0.6) is 0 Å². The van der Waals surface area contributed by atoms with Crippen LogP contribution in [0.2, 0.25) is 0 Å². The Morgan fingerprint density at radius 2 is 1.57 bits per heavy atom. The first-order valence-corrected chi connectivity index (χ1v) is 16.5. The lowest BCUT2D eigenvalue weighted by Crippen LogP contribution is -2.51. The highest BCUT2D eigenvalue weighted by molar-refractivity contribution is 5.94. The molecule has 0 radical (unpaired) electrons. The number of piperazine rings is 1. The van der Waals surface area contributed by atoms with Gasteiger partial charge in [0.15, 0.2) is 0 Å². The smallest absolute Gasteiger partial charge is 0.490 e. The fraction of sp³-hybridized carbons (Fsp3) is 0.417. The van der Waals surface area contributed by atoms with Crippen molar-refractivity contribution < 1.29 is 64.5 Å². The topological polar surface area (TPSA) is 131 Å². The number of carbonyl (C=O) groups is 3. The van der Waals surface area contributed by atoms with Gasteiger partial charge in [-0.1, -0.05) is 36.4 Å². The van der Waals surface area contributed by atoms with Gasteiger partial charge in [0.05, 0.1) is 20.3 Å². The Balaban J connectivity index is 0.000000458. The molecule has 2 fully saturated rings. The van der Waals surface area contributed by atoms with E-state index in [1.165, 1.54) is 11.6 Å². The molecule has 5 rings (SSSR count). The second-order valence-corrected chi connectivity index (χ2v) is 12.9. The monoisotopic (exact) mass is 758 g/mol. The first kappa shape index (κ1) is 42.8. The first-order valence-electron chi connectivity index (χ1n) is 16.5. The number of nitrogens with zero attached hydrogens (tertiary/aromatic N) is 2. The highest BCUT2D eigenvalue weighted by Gasteiger charge is 2.38. The number of halogens is 7. The van der Waals surface area contributed by atoms with Crippen LogP contribution >= 0.6 is 0 Å². The zero-order valence-corrected chi connectivity index (χ0v) is 29.0. The summed E-state index contributed by atoms with van der Waals surface area (Å²) in [5, 5.41) is 22.4. The molecule has 0 unspecified atom stereocenters. The lowest BCUT2D eigenvalue weighted by molar-refractivity contribution is -0.929. The van der Waals surface area contributed by atoms with E-state index in [9.17, 15) is 35.5 Å². The third-order valence-corrected chi connectivity index (χ3v) is 8.36. The molecular weight excluding hydrogens is 717 g/mol. The summed E-state index contributed by atoms with van der Waals surface area (Å²) in [6.45, 7) is 10.8. The van der Waals surface area contributed by atoms with Crippen molar-refractivity contribution in [3.8, 4) is 11.1 Å². The SMILES string of the molecule is C[C@H]1CN(Cc2cccc(-c3cc(CNC(=O)c4cccc(C[N+]5(C)CCOCC5)c4)ccc3F)c2)CCN1.O=C(O)C(F)(F)F.O=C([O-])C(F)(F)F. The summed E-state index contributed by atoms with van der Waals surface area (Å²) < 4.78 is 84.6. The molecule has 10 nitrogen and oxygen atoms in total. The maximum Gasteiger partial charge on any atom is 0.490 e. The van der Waals surface area contributed by atoms with Crippen LogP contribution in [0.3, 0.4) is 0 Å². The molecule has 0 spiro atoms. The van der Waals surface area contributed by atoms with E-state index in [2.05, 4.69) is 47.7 Å². The van der Waals surface area contributed by atoms with E-state index in [4.69, 9.17) is 24.5 Å². The van der Waals surface area contributed by atoms with Crippen molar-refractivity contribution in [2.24, 2.45) is 0 Å². The molecular formula is C36H41F7N4O6. The van der Waals surface area contributed by atoms with Crippen molar-refractivity contribution in [3.05, 3.63) is 94.8 Å². The quantitative estimate of drug-likeness (QED) is 0.231. The van der Waals surface area contributed by atoms with E-state index in [0.717, 1.165) is 80.2 Å². The third kappa shape index (κ3) is 14.4. The number of quaternary nitrogens is 1. The Morgan fingerprint density at radius 3 is 2.17 bits per heavy atom. The maximum atomic E-state index is 14.9. The molecule has 3 aromatic carbocycles. The predicted molar refractivity (Wildman–Crippen MR) is 177 cm³/mol. The Kier molecular flexibility index (Phi) is 15.3. The summed E-state index contributed by atoms with van der Waals surface area (Å²) >= 11 is 0. The number of likely N-dealkylation sites (N-methyl/N-ethyl adjacent to an activating group) is 1. The fourth-order valence-electron chi connectivity index (χ4n) is 5.63. The largest absolute Gasteiger partial charge is 0.542 e. The van der Waals surface area contributed by atoms with Crippen LogP contribution in [-0.4, -0.2) is 104 Å². The molecule has 0 saturated carbocycles. The Labute approximate surface area is 301 Å². The normalized spacial score (nSPS) is 17.3. The van der Waals surface area contributed by atoms with Gasteiger partial charge in [0, 0.05) is 55.5 Å². The van der Waals surface area contributed by atoms with E-state index >= 15 is 0 Å². The molecule has 0 bridgehead atoms. The summed E-state index contributed by atoms with van der Waals surface area (Å²) in [6, 6.07) is 21.5. The number of carbonyl (C=O) groups excluding carboxylic acids is 2. The highest BCUT2D eigenvalue weighted by atomic mass is 19.4. The van der Waals surface area contributed by atoms with Crippen LogP contribution in [0.25, 0.3) is 11.1 Å². The van der Waals surface area contributed by atoms with Crippen molar-refractivity contribution >= 4 is 17.8 Å². The molecule has 2 heterocycles. The van der Waals surface area contributed by atoms with Gasteiger partial charge < -0.3 is 34.9 Å². The highest BCUT2D eigenvalue weighted by Crippen LogP contribution is 2.26. The third-order valence-electron chi connectivity index (χ3n) is 8.36. The molecule has 17 heteroatoms. The second kappa shape index (κ2) is 19.0. The minimum atomic E-state index is -5.19. The lowest BCUT2D eigenvalue weighted by atomic mass is 10.00. The second-order valence-electron chi connectivity index (χ2n) is 12.9. The number of rotatable bonds is 8. The zero-order chi connectivity index (χ0) is 39.4. The van der Waals surface area contributed by atoms with Crippen molar-refractivity contribution in [1.29, 1.82) is 0 Å². The number of carboxylic acids is 2. The number of amides is 1. The zero-order valence-electron chi connectivity index (χ0n) is 29.0. The van der Waals surface area contributed by atoms with E-state index in [0.29, 0.717) is 23.7 Å². The molecule has 0 aromatic heterocycles. The summed E-state index contributed by atoms with van der Waals surface area (Å²) in [5.74, 6) is -6.15. The van der Waals surface area contributed by atoms with Crippen molar-refractivity contribution in [3.63, 3.8) is 0 Å². The van der Waals surface area contributed by atoms with Crippen molar-refractivity contribution in [2.75, 3.05) is 53.0 Å². The van der Waals surface area contributed by atoms with Gasteiger partial charge in [0.2, 0.25) is 0 Å². The van der Waals surface area contributed by atoms with Crippen LogP contribution in [-0.2, 0) is 34.0 Å². The molecule has 1 amide bonds. The number of ether oxygens (including phenoxy) is 1.